The standard InChI is InChI=1S/C20H30ClF5N2O3/c1-30-20(27-14-8-4-2-5-9-14)17(18(22,23)24,16(29)31-13-12-21)19(25,26)28(20)15-10-6-3-7-11-15/h14-15,27H,2-13H2,1H3. The lowest BCUT2D eigenvalue weighted by Crippen LogP contribution is -2.96. The van der Waals surface area contributed by atoms with Crippen LogP contribution in [0.4, 0.5) is 22.0 Å². The summed E-state index contributed by atoms with van der Waals surface area (Å²) in [5.74, 6) is -5.14. The number of nitrogens with one attached hydrogen (secondary N) is 1. The zero-order chi connectivity index (χ0) is 22.9. The number of carbonyl (C=O) groups is 1. The summed E-state index contributed by atoms with van der Waals surface area (Å²) >= 11 is 5.45. The highest BCUT2D eigenvalue weighted by molar-refractivity contribution is 6.18. The average molecular weight is 477 g/mol. The Hall–Kier alpha value is -0.710. The van der Waals surface area contributed by atoms with Gasteiger partial charge in [0.05, 0.1) is 5.88 Å². The molecule has 1 saturated heterocycles. The highest BCUT2D eigenvalue weighted by Gasteiger charge is 2.97. The lowest BCUT2D eigenvalue weighted by Gasteiger charge is -2.69. The summed E-state index contributed by atoms with van der Waals surface area (Å²) in [5, 5.41) is 2.75. The Morgan fingerprint density at radius 1 is 1.06 bits per heavy atom. The van der Waals surface area contributed by atoms with Gasteiger partial charge in [0.2, 0.25) is 5.85 Å². The molecule has 1 aliphatic heterocycles. The van der Waals surface area contributed by atoms with Gasteiger partial charge in [-0.05, 0) is 25.7 Å². The Morgan fingerprint density at radius 3 is 2.10 bits per heavy atom. The van der Waals surface area contributed by atoms with Crippen molar-refractivity contribution in [3.8, 4) is 0 Å². The van der Waals surface area contributed by atoms with Gasteiger partial charge in [-0.25, -0.2) is 0 Å². The van der Waals surface area contributed by atoms with E-state index in [4.69, 9.17) is 16.3 Å². The number of esters is 1. The fourth-order valence-electron chi connectivity index (χ4n) is 5.53. The van der Waals surface area contributed by atoms with Crippen molar-refractivity contribution in [1.82, 2.24) is 10.2 Å². The van der Waals surface area contributed by atoms with Crippen LogP contribution >= 0.6 is 11.6 Å². The Bertz CT molecular complexity index is 641. The van der Waals surface area contributed by atoms with E-state index in [0.717, 1.165) is 32.8 Å². The Balaban J connectivity index is 2.13. The minimum atomic E-state index is -5.64. The van der Waals surface area contributed by atoms with Crippen molar-refractivity contribution in [1.29, 1.82) is 0 Å². The lowest BCUT2D eigenvalue weighted by atomic mass is 9.66. The second kappa shape index (κ2) is 9.27. The highest BCUT2D eigenvalue weighted by Crippen LogP contribution is 2.69. The van der Waals surface area contributed by atoms with Crippen molar-refractivity contribution in [3.05, 3.63) is 0 Å². The molecule has 180 valence electrons. The second-order valence-electron chi connectivity index (χ2n) is 8.60. The molecular weight excluding hydrogens is 447 g/mol. The average Bonchev–Trinajstić information content (AvgIpc) is 2.72. The van der Waals surface area contributed by atoms with E-state index in [0.29, 0.717) is 43.4 Å². The van der Waals surface area contributed by atoms with E-state index in [-0.39, 0.29) is 5.88 Å². The van der Waals surface area contributed by atoms with Crippen LogP contribution in [0.25, 0.3) is 0 Å². The van der Waals surface area contributed by atoms with Crippen LogP contribution < -0.4 is 5.32 Å². The van der Waals surface area contributed by atoms with E-state index in [9.17, 15) is 18.0 Å². The molecule has 2 unspecified atom stereocenters. The Labute approximate surface area is 183 Å². The number of hydrogen-bond acceptors (Lipinski definition) is 5. The van der Waals surface area contributed by atoms with Crippen LogP contribution in [0.5, 0.6) is 0 Å². The van der Waals surface area contributed by atoms with Crippen LogP contribution in [0.1, 0.15) is 64.2 Å². The molecule has 0 amide bonds. The maximum atomic E-state index is 15.7. The van der Waals surface area contributed by atoms with Crippen LogP contribution in [0.2, 0.25) is 0 Å². The zero-order valence-electron chi connectivity index (χ0n) is 17.6. The summed E-state index contributed by atoms with van der Waals surface area (Å²) < 4.78 is 84.9. The topological polar surface area (TPSA) is 50.8 Å². The first-order chi connectivity index (χ1) is 14.6. The fourth-order valence-corrected chi connectivity index (χ4v) is 5.60. The van der Waals surface area contributed by atoms with Crippen LogP contribution in [-0.2, 0) is 14.3 Å². The smallest absolute Gasteiger partial charge is 0.418 e. The third-order valence-corrected chi connectivity index (χ3v) is 7.04. The Morgan fingerprint density at radius 2 is 1.61 bits per heavy atom. The van der Waals surface area contributed by atoms with Gasteiger partial charge in [-0.1, -0.05) is 38.5 Å². The normalized spacial score (nSPS) is 33.1. The molecule has 2 atom stereocenters. The third kappa shape index (κ3) is 3.75. The molecule has 2 saturated carbocycles. The highest BCUT2D eigenvalue weighted by atomic mass is 35.5. The molecule has 2 aliphatic carbocycles. The van der Waals surface area contributed by atoms with E-state index in [1.165, 1.54) is 0 Å². The summed E-state index contributed by atoms with van der Waals surface area (Å²) in [6.07, 6.45) is 0.501. The van der Waals surface area contributed by atoms with Crippen LogP contribution in [-0.4, -0.2) is 60.6 Å². The predicted octanol–water partition coefficient (Wildman–Crippen LogP) is 4.78. The van der Waals surface area contributed by atoms with E-state index in [2.05, 4.69) is 10.1 Å². The van der Waals surface area contributed by atoms with Gasteiger partial charge in [0, 0.05) is 19.2 Å². The molecule has 3 aliphatic rings. The zero-order valence-corrected chi connectivity index (χ0v) is 18.3. The van der Waals surface area contributed by atoms with E-state index in [1.54, 1.807) is 0 Å². The number of alkyl halides is 6. The van der Waals surface area contributed by atoms with Gasteiger partial charge in [-0.3, -0.25) is 10.1 Å². The van der Waals surface area contributed by atoms with Crippen molar-refractivity contribution in [3.63, 3.8) is 0 Å². The predicted molar refractivity (Wildman–Crippen MR) is 104 cm³/mol. The van der Waals surface area contributed by atoms with E-state index < -0.39 is 48.1 Å². The minimum Gasteiger partial charge on any atom is -0.463 e. The molecule has 5 nitrogen and oxygen atoms in total. The van der Waals surface area contributed by atoms with Gasteiger partial charge >= 0.3 is 18.2 Å². The van der Waals surface area contributed by atoms with Crippen molar-refractivity contribution < 1.29 is 36.2 Å². The van der Waals surface area contributed by atoms with Gasteiger partial charge in [0.1, 0.15) is 6.61 Å². The molecule has 0 spiro atoms. The van der Waals surface area contributed by atoms with Crippen LogP contribution in [0, 0.1) is 5.41 Å². The molecule has 0 aromatic heterocycles. The SMILES string of the molecule is COC1(NC2CCCCC2)N(C2CCCCC2)C(F)(F)C1(C(=O)OCCCl)C(F)(F)F. The molecule has 0 radical (unpaired) electrons. The Kier molecular flexibility index (Phi) is 7.45. The molecule has 1 heterocycles. The molecule has 1 N–H and O–H groups in total. The largest absolute Gasteiger partial charge is 0.463 e. The van der Waals surface area contributed by atoms with Crippen molar-refractivity contribution in [2.45, 2.75) is 94.4 Å². The van der Waals surface area contributed by atoms with E-state index in [1.807, 2.05) is 0 Å². The van der Waals surface area contributed by atoms with Gasteiger partial charge < -0.3 is 9.47 Å². The molecular formula is C20H30ClF5N2O3. The monoisotopic (exact) mass is 476 g/mol. The third-order valence-electron chi connectivity index (χ3n) is 6.88. The number of ether oxygens (including phenoxy) is 2. The van der Waals surface area contributed by atoms with Crippen molar-refractivity contribution in [2.75, 3.05) is 19.6 Å². The van der Waals surface area contributed by atoms with E-state index >= 15 is 8.78 Å². The quantitative estimate of drug-likeness (QED) is 0.188. The molecule has 0 aromatic rings. The summed E-state index contributed by atoms with van der Waals surface area (Å²) in [6.45, 7) is -0.610. The molecule has 0 bridgehead atoms. The molecule has 0 aromatic carbocycles. The van der Waals surface area contributed by atoms with Crippen molar-refractivity contribution >= 4 is 17.6 Å². The summed E-state index contributed by atoms with van der Waals surface area (Å²) in [5.41, 5.74) is -4.21. The second-order valence-corrected chi connectivity index (χ2v) is 8.98. The molecule has 3 fully saturated rings. The number of carbonyl (C=O) groups excluding carboxylic acids is 1. The first-order valence-corrected chi connectivity index (χ1v) is 11.4. The first-order valence-electron chi connectivity index (χ1n) is 10.9. The van der Waals surface area contributed by atoms with Crippen LogP contribution in [0.15, 0.2) is 0 Å². The fraction of sp³-hybridized carbons (Fsp3) is 0.950. The van der Waals surface area contributed by atoms with Gasteiger partial charge in [-0.2, -0.15) is 26.9 Å². The maximum Gasteiger partial charge on any atom is 0.418 e. The summed E-state index contributed by atoms with van der Waals surface area (Å²) in [4.78, 5) is 13.2. The lowest BCUT2D eigenvalue weighted by molar-refractivity contribution is -0.517. The van der Waals surface area contributed by atoms with Gasteiger partial charge in [-0.15, -0.1) is 11.6 Å². The number of likely N-dealkylation sites (tertiary alicyclic amines) is 1. The van der Waals surface area contributed by atoms with Gasteiger partial charge in [0.25, 0.3) is 5.41 Å². The van der Waals surface area contributed by atoms with Crippen molar-refractivity contribution in [2.24, 2.45) is 5.41 Å². The number of hydrogen-bond donors (Lipinski definition) is 1. The summed E-state index contributed by atoms with van der Waals surface area (Å²) in [6, 6.07) is -5.89. The number of nitrogens with zero attached hydrogens (tertiary/aromatic N) is 1. The molecule has 11 heteroatoms. The first kappa shape index (κ1) is 24.9. The number of rotatable bonds is 7. The maximum absolute atomic E-state index is 15.7. The van der Waals surface area contributed by atoms with Crippen LogP contribution in [0.3, 0.4) is 0 Å². The molecule has 3 rings (SSSR count). The molecule has 31 heavy (non-hydrogen) atoms. The summed E-state index contributed by atoms with van der Waals surface area (Å²) in [7, 11) is 0.941. The minimum absolute atomic E-state index is 0.303. The number of methoxy groups -OCH3 is 1. The van der Waals surface area contributed by atoms with Gasteiger partial charge in [0.15, 0.2) is 0 Å². The number of halogens is 6.